The first-order valence-electron chi connectivity index (χ1n) is 5.06. The zero-order chi connectivity index (χ0) is 11.5. The lowest BCUT2D eigenvalue weighted by Gasteiger charge is -2.30. The molecule has 0 radical (unpaired) electrons. The van der Waals surface area contributed by atoms with E-state index in [9.17, 15) is 13.2 Å². The fraction of sp³-hybridized carbons (Fsp3) is 0.889. The number of hydrogen-bond donors (Lipinski definition) is 2. The maximum Gasteiger partial charge on any atom is 0.235 e. The first kappa shape index (κ1) is 12.4. The quantitative estimate of drug-likeness (QED) is 0.666. The smallest absolute Gasteiger partial charge is 0.235 e. The molecule has 1 amide bonds. The molecule has 1 fully saturated rings. The van der Waals surface area contributed by atoms with Crippen LogP contribution in [0.2, 0.25) is 0 Å². The van der Waals surface area contributed by atoms with E-state index in [0.29, 0.717) is 5.92 Å². The molecule has 15 heavy (non-hydrogen) atoms. The summed E-state index contributed by atoms with van der Waals surface area (Å²) in [5.41, 5.74) is 0. The monoisotopic (exact) mass is 234 g/mol. The van der Waals surface area contributed by atoms with Crippen molar-refractivity contribution in [3.8, 4) is 0 Å². The van der Waals surface area contributed by atoms with Crippen molar-refractivity contribution in [1.29, 1.82) is 0 Å². The molecule has 2 atom stereocenters. The van der Waals surface area contributed by atoms with Gasteiger partial charge in [-0.25, -0.2) is 8.42 Å². The molecule has 0 aliphatic carbocycles. The highest BCUT2D eigenvalue weighted by Gasteiger charge is 2.23. The van der Waals surface area contributed by atoms with Gasteiger partial charge in [-0.3, -0.25) is 4.79 Å². The van der Waals surface area contributed by atoms with Crippen molar-refractivity contribution in [3.05, 3.63) is 0 Å². The fourth-order valence-corrected chi connectivity index (χ4v) is 2.27. The Morgan fingerprint density at radius 1 is 1.53 bits per heavy atom. The number of hydrogen-bond acceptors (Lipinski definition) is 4. The Labute approximate surface area is 90.5 Å². The van der Waals surface area contributed by atoms with Crippen LogP contribution in [0.1, 0.15) is 13.3 Å². The van der Waals surface area contributed by atoms with Gasteiger partial charge in [0.25, 0.3) is 0 Å². The van der Waals surface area contributed by atoms with E-state index >= 15 is 0 Å². The Kier molecular flexibility index (Phi) is 4.10. The van der Waals surface area contributed by atoms with Crippen molar-refractivity contribution in [2.75, 3.05) is 25.1 Å². The molecule has 0 aromatic heterocycles. The first-order chi connectivity index (χ1) is 6.88. The summed E-state index contributed by atoms with van der Waals surface area (Å²) >= 11 is 0. The highest BCUT2D eigenvalue weighted by Crippen LogP contribution is 2.09. The van der Waals surface area contributed by atoms with Gasteiger partial charge < -0.3 is 10.6 Å². The molecule has 2 unspecified atom stereocenters. The van der Waals surface area contributed by atoms with Crippen LogP contribution in [-0.4, -0.2) is 45.5 Å². The van der Waals surface area contributed by atoms with Crippen LogP contribution < -0.4 is 10.6 Å². The second-order valence-electron chi connectivity index (χ2n) is 4.21. The van der Waals surface area contributed by atoms with Crippen LogP contribution in [0.3, 0.4) is 0 Å². The summed E-state index contributed by atoms with van der Waals surface area (Å²) in [4.78, 5) is 11.4. The van der Waals surface area contributed by atoms with Gasteiger partial charge in [0.15, 0.2) is 9.84 Å². The normalized spacial score (nSPS) is 27.3. The summed E-state index contributed by atoms with van der Waals surface area (Å²) in [7, 11) is -3.22. The summed E-state index contributed by atoms with van der Waals surface area (Å²) in [5.74, 6) is -0.456. The summed E-state index contributed by atoms with van der Waals surface area (Å²) < 4.78 is 21.8. The van der Waals surface area contributed by atoms with Crippen molar-refractivity contribution in [2.24, 2.45) is 5.92 Å². The molecule has 1 rings (SSSR count). The second-order valence-corrected chi connectivity index (χ2v) is 6.35. The molecule has 1 heterocycles. The van der Waals surface area contributed by atoms with E-state index < -0.39 is 21.5 Å². The zero-order valence-corrected chi connectivity index (χ0v) is 9.93. The number of carbonyl (C=O) groups is 1. The van der Waals surface area contributed by atoms with E-state index in [-0.39, 0.29) is 6.04 Å². The molecular weight excluding hydrogens is 216 g/mol. The highest BCUT2D eigenvalue weighted by molar-refractivity contribution is 7.91. The number of carbonyl (C=O) groups excluding carboxylic acids is 1. The molecule has 0 bridgehead atoms. The highest BCUT2D eigenvalue weighted by atomic mass is 32.2. The molecule has 0 saturated carbocycles. The summed E-state index contributed by atoms with van der Waals surface area (Å²) in [6, 6.07) is 0.0977. The second kappa shape index (κ2) is 4.94. The lowest BCUT2D eigenvalue weighted by atomic mass is 9.95. The van der Waals surface area contributed by atoms with Gasteiger partial charge in [-0.2, -0.15) is 0 Å². The van der Waals surface area contributed by atoms with Crippen LogP contribution in [0.5, 0.6) is 0 Å². The van der Waals surface area contributed by atoms with Gasteiger partial charge in [0.05, 0.1) is 0 Å². The average Bonchev–Trinajstić information content (AvgIpc) is 2.05. The average molecular weight is 234 g/mol. The van der Waals surface area contributed by atoms with Crippen molar-refractivity contribution in [3.63, 3.8) is 0 Å². The number of nitrogens with one attached hydrogen (secondary N) is 2. The lowest BCUT2D eigenvalue weighted by Crippen LogP contribution is -2.49. The third-order valence-corrected chi connectivity index (χ3v) is 3.31. The Hall–Kier alpha value is -0.620. The zero-order valence-electron chi connectivity index (χ0n) is 9.12. The van der Waals surface area contributed by atoms with E-state index in [1.807, 2.05) is 6.92 Å². The van der Waals surface area contributed by atoms with Gasteiger partial charge in [0.1, 0.15) is 5.75 Å². The van der Waals surface area contributed by atoms with Gasteiger partial charge in [0.2, 0.25) is 5.91 Å². The predicted octanol–water partition coefficient (Wildman–Crippen LogP) is -0.855. The molecule has 0 aromatic carbocycles. The molecule has 1 saturated heterocycles. The van der Waals surface area contributed by atoms with E-state index in [2.05, 4.69) is 10.6 Å². The molecule has 1 aliphatic heterocycles. The topological polar surface area (TPSA) is 75.3 Å². The third kappa shape index (κ3) is 4.61. The largest absolute Gasteiger partial charge is 0.352 e. The molecule has 1 aliphatic rings. The maximum absolute atomic E-state index is 11.4. The molecule has 0 spiro atoms. The first-order valence-corrected chi connectivity index (χ1v) is 7.12. The Bertz CT molecular complexity index is 326. The number of piperidine rings is 1. The molecular formula is C9H18N2O3S. The third-order valence-electron chi connectivity index (χ3n) is 2.52. The number of rotatable bonds is 3. The summed E-state index contributed by atoms with van der Waals surface area (Å²) in [6.45, 7) is 3.77. The van der Waals surface area contributed by atoms with Crippen LogP contribution in [0.4, 0.5) is 0 Å². The van der Waals surface area contributed by atoms with Crippen LogP contribution >= 0.6 is 0 Å². The van der Waals surface area contributed by atoms with Crippen LogP contribution in [0, 0.1) is 5.92 Å². The van der Waals surface area contributed by atoms with E-state index in [1.54, 1.807) is 0 Å². The minimum absolute atomic E-state index is 0.0977. The minimum Gasteiger partial charge on any atom is -0.352 e. The predicted molar refractivity (Wildman–Crippen MR) is 58.3 cm³/mol. The van der Waals surface area contributed by atoms with Crippen LogP contribution in [0.25, 0.3) is 0 Å². The van der Waals surface area contributed by atoms with Crippen molar-refractivity contribution >= 4 is 15.7 Å². The standard InChI is InChI=1S/C9H18N2O3S/c1-7-5-10-4-3-8(7)11-9(12)6-15(2,13)14/h7-8,10H,3-6H2,1-2H3,(H,11,12). The fourth-order valence-electron chi connectivity index (χ4n) is 1.72. The maximum atomic E-state index is 11.4. The summed E-state index contributed by atoms with van der Waals surface area (Å²) in [6.07, 6.45) is 1.93. The van der Waals surface area contributed by atoms with E-state index in [4.69, 9.17) is 0 Å². The molecule has 0 aromatic rings. The number of sulfone groups is 1. The van der Waals surface area contributed by atoms with E-state index in [0.717, 1.165) is 25.8 Å². The van der Waals surface area contributed by atoms with Crippen molar-refractivity contribution in [2.45, 2.75) is 19.4 Å². The van der Waals surface area contributed by atoms with Crippen molar-refractivity contribution < 1.29 is 13.2 Å². The van der Waals surface area contributed by atoms with Gasteiger partial charge in [-0.1, -0.05) is 6.92 Å². The number of amides is 1. The van der Waals surface area contributed by atoms with Gasteiger partial charge in [-0.15, -0.1) is 0 Å². The van der Waals surface area contributed by atoms with Crippen LogP contribution in [0.15, 0.2) is 0 Å². The van der Waals surface area contributed by atoms with Crippen LogP contribution in [-0.2, 0) is 14.6 Å². The Balaban J connectivity index is 2.43. The van der Waals surface area contributed by atoms with Gasteiger partial charge in [0, 0.05) is 12.3 Å². The SMILES string of the molecule is CC1CNCCC1NC(=O)CS(C)(=O)=O. The Morgan fingerprint density at radius 2 is 2.20 bits per heavy atom. The lowest BCUT2D eigenvalue weighted by molar-refractivity contribution is -0.119. The molecule has 6 heteroatoms. The molecule has 2 N–H and O–H groups in total. The summed E-state index contributed by atoms with van der Waals surface area (Å²) in [5, 5.41) is 5.98. The molecule has 88 valence electrons. The van der Waals surface area contributed by atoms with E-state index in [1.165, 1.54) is 0 Å². The minimum atomic E-state index is -3.22. The van der Waals surface area contributed by atoms with Crippen molar-refractivity contribution in [1.82, 2.24) is 10.6 Å². The van der Waals surface area contributed by atoms with Gasteiger partial charge in [-0.05, 0) is 25.4 Å². The molecule has 5 nitrogen and oxygen atoms in total. The van der Waals surface area contributed by atoms with Gasteiger partial charge >= 0.3 is 0 Å². The Morgan fingerprint density at radius 3 is 2.73 bits per heavy atom.